The van der Waals surface area contributed by atoms with E-state index in [0.717, 1.165) is 31.2 Å². The summed E-state index contributed by atoms with van der Waals surface area (Å²) in [5, 5.41) is 5.67. The first-order valence-electron chi connectivity index (χ1n) is 9.65. The minimum atomic E-state index is -0.607. The van der Waals surface area contributed by atoms with Gasteiger partial charge in [0, 0.05) is 31.1 Å². The fraction of sp³-hybridized carbons (Fsp3) is 0.476. The Morgan fingerprint density at radius 1 is 1.07 bits per heavy atom. The number of hydrogen-bond donors (Lipinski definition) is 2. The van der Waals surface area contributed by atoms with E-state index in [4.69, 9.17) is 0 Å². The fourth-order valence-corrected chi connectivity index (χ4v) is 3.22. The van der Waals surface area contributed by atoms with Crippen molar-refractivity contribution in [3.8, 4) is 0 Å². The molecule has 144 valence electrons. The first-order valence-corrected chi connectivity index (χ1v) is 9.65. The summed E-state index contributed by atoms with van der Waals surface area (Å²) in [7, 11) is 0. The molecule has 2 N–H and O–H groups in total. The van der Waals surface area contributed by atoms with Crippen LogP contribution in [-0.2, 0) is 14.4 Å². The maximum absolute atomic E-state index is 12.3. The van der Waals surface area contributed by atoms with Gasteiger partial charge in [-0.05, 0) is 44.2 Å². The van der Waals surface area contributed by atoms with Crippen LogP contribution in [0.5, 0.6) is 0 Å². The smallest absolute Gasteiger partial charge is 0.244 e. The van der Waals surface area contributed by atoms with Crippen molar-refractivity contribution in [3.63, 3.8) is 0 Å². The molecule has 3 amide bonds. The summed E-state index contributed by atoms with van der Waals surface area (Å²) < 4.78 is 0. The van der Waals surface area contributed by atoms with Gasteiger partial charge in [-0.25, -0.2) is 0 Å². The number of hydrogen-bond acceptors (Lipinski definition) is 3. The number of amides is 3. The summed E-state index contributed by atoms with van der Waals surface area (Å²) in [6, 6.07) is 8.97. The van der Waals surface area contributed by atoms with E-state index in [9.17, 15) is 14.4 Å². The van der Waals surface area contributed by atoms with Gasteiger partial charge in [0.15, 0.2) is 0 Å². The van der Waals surface area contributed by atoms with Crippen LogP contribution in [0.2, 0.25) is 0 Å². The number of nitrogens with one attached hydrogen (secondary N) is 2. The molecule has 3 rings (SSSR count). The molecular formula is C21H27N3O3. The topological polar surface area (TPSA) is 78.5 Å². The predicted molar refractivity (Wildman–Crippen MR) is 104 cm³/mol. The monoisotopic (exact) mass is 369 g/mol. The second-order valence-electron chi connectivity index (χ2n) is 7.36. The minimum Gasteiger partial charge on any atom is -0.351 e. The number of carbonyl (C=O) groups excluding carboxylic acids is 3. The van der Waals surface area contributed by atoms with E-state index in [1.165, 1.54) is 6.08 Å². The van der Waals surface area contributed by atoms with Gasteiger partial charge in [-0.15, -0.1) is 0 Å². The molecule has 1 aromatic rings. The largest absolute Gasteiger partial charge is 0.351 e. The van der Waals surface area contributed by atoms with E-state index >= 15 is 0 Å². The van der Waals surface area contributed by atoms with E-state index in [1.807, 2.05) is 35.2 Å². The second kappa shape index (κ2) is 8.84. The van der Waals surface area contributed by atoms with Gasteiger partial charge in [0.05, 0.1) is 0 Å². The third kappa shape index (κ3) is 5.67. The molecular weight excluding hydrogens is 342 g/mol. The molecule has 2 fully saturated rings. The first kappa shape index (κ1) is 19.1. The highest BCUT2D eigenvalue weighted by Gasteiger charge is 2.35. The quantitative estimate of drug-likeness (QED) is 0.750. The van der Waals surface area contributed by atoms with Crippen LogP contribution >= 0.6 is 0 Å². The van der Waals surface area contributed by atoms with E-state index in [0.29, 0.717) is 13.1 Å². The van der Waals surface area contributed by atoms with Crippen molar-refractivity contribution in [1.82, 2.24) is 15.5 Å². The van der Waals surface area contributed by atoms with Crippen LogP contribution < -0.4 is 10.6 Å². The average molecular weight is 369 g/mol. The Morgan fingerprint density at radius 3 is 2.37 bits per heavy atom. The molecule has 6 nitrogen and oxygen atoms in total. The highest BCUT2D eigenvalue weighted by atomic mass is 16.2. The highest BCUT2D eigenvalue weighted by molar-refractivity contribution is 5.95. The van der Waals surface area contributed by atoms with Gasteiger partial charge in [-0.2, -0.15) is 0 Å². The molecule has 1 atom stereocenters. The van der Waals surface area contributed by atoms with Crippen LogP contribution in [0.15, 0.2) is 36.4 Å². The summed E-state index contributed by atoms with van der Waals surface area (Å²) in [5.74, 6) is 0.0238. The van der Waals surface area contributed by atoms with Crippen molar-refractivity contribution < 1.29 is 14.4 Å². The molecule has 1 aliphatic heterocycles. The number of nitrogens with zero attached hydrogens (tertiary/aromatic N) is 1. The maximum atomic E-state index is 12.3. The van der Waals surface area contributed by atoms with Crippen molar-refractivity contribution in [2.24, 2.45) is 5.92 Å². The normalized spacial score (nSPS) is 18.9. The molecule has 1 aromatic carbocycles. The van der Waals surface area contributed by atoms with Crippen LogP contribution in [-0.4, -0.2) is 47.8 Å². The molecule has 0 aromatic heterocycles. The molecule has 27 heavy (non-hydrogen) atoms. The standard InChI is InChI=1S/C21H27N3O3/c1-15(22-19(25)10-7-16-5-3-2-4-6-16)20(26)23-18-11-13-24(14-12-18)21(27)17-8-9-17/h2-7,10,15,17-18H,8-9,11-14H2,1H3,(H,22,25)(H,23,26)/b10-7+. The zero-order chi connectivity index (χ0) is 19.2. The van der Waals surface area contributed by atoms with Gasteiger partial charge >= 0.3 is 0 Å². The van der Waals surface area contributed by atoms with Crippen LogP contribution in [0, 0.1) is 5.92 Å². The minimum absolute atomic E-state index is 0.0555. The summed E-state index contributed by atoms with van der Waals surface area (Å²) in [5.41, 5.74) is 0.928. The molecule has 1 saturated carbocycles. The zero-order valence-corrected chi connectivity index (χ0v) is 15.7. The lowest BCUT2D eigenvalue weighted by molar-refractivity contribution is -0.134. The Hall–Kier alpha value is -2.63. The third-order valence-electron chi connectivity index (χ3n) is 5.06. The zero-order valence-electron chi connectivity index (χ0n) is 15.7. The molecule has 1 aliphatic carbocycles. The number of carbonyl (C=O) groups is 3. The number of piperidine rings is 1. The van der Waals surface area contributed by atoms with E-state index in [2.05, 4.69) is 10.6 Å². The summed E-state index contributed by atoms with van der Waals surface area (Å²) in [6.45, 7) is 3.07. The van der Waals surface area contributed by atoms with E-state index in [-0.39, 0.29) is 29.7 Å². The van der Waals surface area contributed by atoms with E-state index in [1.54, 1.807) is 13.0 Å². The molecule has 0 radical (unpaired) electrons. The van der Waals surface area contributed by atoms with Gasteiger partial charge in [0.1, 0.15) is 6.04 Å². The first-order chi connectivity index (χ1) is 13.0. The SMILES string of the molecule is CC(NC(=O)/C=C/c1ccccc1)C(=O)NC1CCN(C(=O)C2CC2)CC1. The lowest BCUT2D eigenvalue weighted by atomic mass is 10.0. The van der Waals surface area contributed by atoms with Crippen molar-refractivity contribution in [3.05, 3.63) is 42.0 Å². The second-order valence-corrected chi connectivity index (χ2v) is 7.36. The predicted octanol–water partition coefficient (Wildman–Crippen LogP) is 1.72. The summed E-state index contributed by atoms with van der Waals surface area (Å²) in [4.78, 5) is 38.3. The molecule has 2 aliphatic rings. The molecule has 1 heterocycles. The summed E-state index contributed by atoms with van der Waals surface area (Å²) in [6.07, 6.45) is 6.71. The van der Waals surface area contributed by atoms with Crippen LogP contribution in [0.4, 0.5) is 0 Å². The number of rotatable bonds is 6. The average Bonchev–Trinajstić information content (AvgIpc) is 3.52. The Bertz CT molecular complexity index is 705. The van der Waals surface area contributed by atoms with Crippen molar-refractivity contribution in [1.29, 1.82) is 0 Å². The van der Waals surface area contributed by atoms with Crippen LogP contribution in [0.25, 0.3) is 6.08 Å². The van der Waals surface area contributed by atoms with Gasteiger partial charge in [-0.3, -0.25) is 14.4 Å². The third-order valence-corrected chi connectivity index (χ3v) is 5.06. The molecule has 0 spiro atoms. The molecule has 1 saturated heterocycles. The van der Waals surface area contributed by atoms with Gasteiger partial charge in [0.25, 0.3) is 0 Å². The molecule has 0 bridgehead atoms. The van der Waals surface area contributed by atoms with Crippen molar-refractivity contribution in [2.75, 3.05) is 13.1 Å². The Balaban J connectivity index is 1.39. The molecule has 6 heteroatoms. The molecule has 1 unspecified atom stereocenters. The van der Waals surface area contributed by atoms with Gasteiger partial charge in [0.2, 0.25) is 17.7 Å². The van der Waals surface area contributed by atoms with Crippen molar-refractivity contribution in [2.45, 2.75) is 44.7 Å². The Kier molecular flexibility index (Phi) is 6.27. The number of likely N-dealkylation sites (tertiary alicyclic amines) is 1. The van der Waals surface area contributed by atoms with Crippen LogP contribution in [0.3, 0.4) is 0 Å². The maximum Gasteiger partial charge on any atom is 0.244 e. The Labute approximate surface area is 160 Å². The fourth-order valence-electron chi connectivity index (χ4n) is 3.22. The van der Waals surface area contributed by atoms with E-state index < -0.39 is 6.04 Å². The van der Waals surface area contributed by atoms with Crippen molar-refractivity contribution >= 4 is 23.8 Å². The highest BCUT2D eigenvalue weighted by Crippen LogP contribution is 2.31. The van der Waals surface area contributed by atoms with Gasteiger partial charge < -0.3 is 15.5 Å². The number of benzene rings is 1. The Morgan fingerprint density at radius 2 is 1.74 bits per heavy atom. The van der Waals surface area contributed by atoms with Gasteiger partial charge in [-0.1, -0.05) is 30.3 Å². The lowest BCUT2D eigenvalue weighted by Gasteiger charge is -2.33. The summed E-state index contributed by atoms with van der Waals surface area (Å²) >= 11 is 0. The van der Waals surface area contributed by atoms with Crippen LogP contribution in [0.1, 0.15) is 38.2 Å². The lowest BCUT2D eigenvalue weighted by Crippen LogP contribution is -2.51.